The molecule has 0 amide bonds. The molecule has 1 aromatic heterocycles. The predicted molar refractivity (Wildman–Crippen MR) is 135 cm³/mol. The molecule has 0 fully saturated rings. The van der Waals surface area contributed by atoms with Crippen molar-refractivity contribution in [1.29, 1.82) is 0 Å². The second-order valence-electron chi connectivity index (χ2n) is 7.27. The number of benzene rings is 1. The number of nitrogens with one attached hydrogen (secondary N) is 2. The fraction of sp³-hybridized carbons (Fsp3) is 0.571. The van der Waals surface area contributed by atoms with Gasteiger partial charge in [-0.25, -0.2) is 9.48 Å². The van der Waals surface area contributed by atoms with Crippen molar-refractivity contribution in [2.75, 3.05) is 19.6 Å². The number of thioether (sulfide) groups is 1. The Labute approximate surface area is 200 Å². The van der Waals surface area contributed by atoms with Gasteiger partial charge in [0.25, 0.3) is 0 Å². The number of aromatic nitrogens is 3. The first-order valence-electron chi connectivity index (χ1n) is 10.6. The molecule has 0 radical (unpaired) electrons. The Bertz CT molecular complexity index is 851. The van der Waals surface area contributed by atoms with E-state index in [0.29, 0.717) is 11.8 Å². The Morgan fingerprint density at radius 3 is 2.80 bits per heavy atom. The van der Waals surface area contributed by atoms with Gasteiger partial charge in [-0.2, -0.15) is 5.10 Å². The van der Waals surface area contributed by atoms with Gasteiger partial charge in [-0.3, -0.25) is 9.56 Å². The maximum Gasteiger partial charge on any atom is 0.345 e. The zero-order valence-electron chi connectivity index (χ0n) is 17.8. The molecule has 0 bridgehead atoms. The van der Waals surface area contributed by atoms with E-state index in [2.05, 4.69) is 53.8 Å². The lowest BCUT2D eigenvalue weighted by Crippen LogP contribution is -2.38. The van der Waals surface area contributed by atoms with E-state index in [9.17, 15) is 4.79 Å². The van der Waals surface area contributed by atoms with E-state index >= 15 is 0 Å². The van der Waals surface area contributed by atoms with Gasteiger partial charge in [0.05, 0.1) is 6.54 Å². The molecule has 166 valence electrons. The van der Waals surface area contributed by atoms with E-state index in [0.717, 1.165) is 63.6 Å². The fourth-order valence-corrected chi connectivity index (χ4v) is 4.29. The van der Waals surface area contributed by atoms with Gasteiger partial charge in [-0.1, -0.05) is 25.1 Å². The van der Waals surface area contributed by atoms with Crippen LogP contribution in [-0.4, -0.2) is 45.2 Å². The number of nitrogens with zero attached hydrogens (tertiary/aromatic N) is 4. The summed E-state index contributed by atoms with van der Waals surface area (Å²) >= 11 is 1.83. The summed E-state index contributed by atoms with van der Waals surface area (Å²) in [6, 6.07) is 10.4. The first-order chi connectivity index (χ1) is 14.2. The maximum absolute atomic E-state index is 12.4. The predicted octanol–water partition coefficient (Wildman–Crippen LogP) is 3.13. The molecule has 1 unspecified atom stereocenters. The smallest absolute Gasteiger partial charge is 0.345 e. The Kier molecular flexibility index (Phi) is 10.8. The average molecular weight is 545 g/mol. The summed E-state index contributed by atoms with van der Waals surface area (Å²) in [6.07, 6.45) is 3.94. The van der Waals surface area contributed by atoms with Crippen molar-refractivity contribution < 1.29 is 0 Å². The van der Waals surface area contributed by atoms with Crippen LogP contribution in [0.1, 0.15) is 38.9 Å². The number of aliphatic imine (C=N–C) groups is 1. The average Bonchev–Trinajstić information content (AvgIpc) is 3.06. The van der Waals surface area contributed by atoms with E-state index in [4.69, 9.17) is 4.99 Å². The molecule has 9 heteroatoms. The highest BCUT2D eigenvalue weighted by Gasteiger charge is 2.16. The molecule has 7 nitrogen and oxygen atoms in total. The second-order valence-corrected chi connectivity index (χ2v) is 8.78. The Hall–Kier alpha value is -1.49. The molecule has 0 saturated carbocycles. The van der Waals surface area contributed by atoms with Crippen molar-refractivity contribution >= 4 is 41.7 Å². The minimum absolute atomic E-state index is 0. The lowest BCUT2D eigenvalue weighted by molar-refractivity contribution is 0.509. The Morgan fingerprint density at radius 2 is 2.07 bits per heavy atom. The van der Waals surface area contributed by atoms with Crippen molar-refractivity contribution in [3.05, 3.63) is 46.6 Å². The van der Waals surface area contributed by atoms with Crippen LogP contribution in [-0.2, 0) is 19.5 Å². The fourth-order valence-electron chi connectivity index (χ4n) is 3.36. The number of hydrogen-bond donors (Lipinski definition) is 2. The van der Waals surface area contributed by atoms with Crippen LogP contribution in [0.15, 0.2) is 45.0 Å². The maximum atomic E-state index is 12.4. The highest BCUT2D eigenvalue weighted by molar-refractivity contribution is 14.0. The minimum atomic E-state index is 0. The van der Waals surface area contributed by atoms with Crippen LogP contribution in [0.4, 0.5) is 0 Å². The normalized spacial score (nSPS) is 14.5. The van der Waals surface area contributed by atoms with E-state index in [1.807, 2.05) is 22.4 Å². The number of fused-ring (bicyclic) bond motifs is 1. The highest BCUT2D eigenvalue weighted by Crippen LogP contribution is 2.22. The van der Waals surface area contributed by atoms with Gasteiger partial charge in [-0.15, -0.1) is 35.7 Å². The number of halogens is 1. The van der Waals surface area contributed by atoms with Crippen molar-refractivity contribution in [2.24, 2.45) is 4.99 Å². The van der Waals surface area contributed by atoms with E-state index in [1.54, 1.807) is 4.68 Å². The number of hydrogen-bond acceptors (Lipinski definition) is 4. The molecule has 1 aliphatic heterocycles. The number of rotatable bonds is 9. The van der Waals surface area contributed by atoms with Crippen LogP contribution in [0.25, 0.3) is 0 Å². The minimum Gasteiger partial charge on any atom is -0.357 e. The first-order valence-corrected chi connectivity index (χ1v) is 11.5. The van der Waals surface area contributed by atoms with Crippen LogP contribution < -0.4 is 16.3 Å². The van der Waals surface area contributed by atoms with Crippen LogP contribution in [0.3, 0.4) is 0 Å². The molecule has 30 heavy (non-hydrogen) atoms. The summed E-state index contributed by atoms with van der Waals surface area (Å²) in [5.41, 5.74) is 0.0343. The molecule has 1 aliphatic rings. The molecule has 1 aromatic carbocycles. The molecule has 1 atom stereocenters. The van der Waals surface area contributed by atoms with Crippen molar-refractivity contribution in [3.63, 3.8) is 0 Å². The lowest BCUT2D eigenvalue weighted by Gasteiger charge is -2.13. The number of guanidine groups is 1. The summed E-state index contributed by atoms with van der Waals surface area (Å²) in [4.78, 5) is 18.4. The Morgan fingerprint density at radius 1 is 1.27 bits per heavy atom. The third-order valence-corrected chi connectivity index (χ3v) is 5.90. The first kappa shape index (κ1) is 24.8. The van der Waals surface area contributed by atoms with E-state index < -0.39 is 0 Å². The third-order valence-electron chi connectivity index (χ3n) is 4.80. The molecule has 2 heterocycles. The molecule has 0 saturated heterocycles. The van der Waals surface area contributed by atoms with Crippen LogP contribution in [0.5, 0.6) is 0 Å². The summed E-state index contributed by atoms with van der Waals surface area (Å²) in [5, 5.41) is 11.5. The molecule has 0 aliphatic carbocycles. The summed E-state index contributed by atoms with van der Waals surface area (Å²) < 4.78 is 3.44. The molecule has 2 aromatic rings. The largest absolute Gasteiger partial charge is 0.357 e. The van der Waals surface area contributed by atoms with Gasteiger partial charge in [0.15, 0.2) is 5.96 Å². The zero-order chi connectivity index (χ0) is 20.5. The summed E-state index contributed by atoms with van der Waals surface area (Å²) in [5.74, 6) is 1.76. The highest BCUT2D eigenvalue weighted by atomic mass is 127. The summed E-state index contributed by atoms with van der Waals surface area (Å²) in [6.45, 7) is 8.00. The molecule has 2 N–H and O–H groups in total. The van der Waals surface area contributed by atoms with Gasteiger partial charge >= 0.3 is 5.69 Å². The second kappa shape index (κ2) is 13.0. The SMILES string of the molecule is CCNC(=NCC(C)Sc1ccccc1)NCCCn1nc2n(c1=O)CCCC2.I. The molecular formula is C21H33IN6OS. The lowest BCUT2D eigenvalue weighted by atomic mass is 10.2. The zero-order valence-corrected chi connectivity index (χ0v) is 21.0. The number of aryl methyl sites for hydroxylation is 2. The standard InChI is InChI=1S/C21H32N6OS.HI/c1-3-22-20(24-16-17(2)29-18-10-5-4-6-11-18)23-13-9-15-27-21(28)26-14-8-7-12-19(26)25-27;/h4-6,10-11,17H,3,7-9,12-16H2,1-2H3,(H2,22,23,24);1H. The van der Waals surface area contributed by atoms with Crippen molar-refractivity contribution in [1.82, 2.24) is 25.0 Å². The van der Waals surface area contributed by atoms with Crippen molar-refractivity contribution in [3.8, 4) is 0 Å². The van der Waals surface area contributed by atoms with Gasteiger partial charge in [0, 0.05) is 42.7 Å². The monoisotopic (exact) mass is 544 g/mol. The van der Waals surface area contributed by atoms with Crippen LogP contribution in [0, 0.1) is 0 Å². The van der Waals surface area contributed by atoms with Crippen LogP contribution in [0.2, 0.25) is 0 Å². The van der Waals surface area contributed by atoms with Gasteiger partial charge in [0.1, 0.15) is 5.82 Å². The molecule has 3 rings (SSSR count). The van der Waals surface area contributed by atoms with Crippen LogP contribution >= 0.6 is 35.7 Å². The molecule has 0 spiro atoms. The van der Waals surface area contributed by atoms with E-state index in [1.165, 1.54) is 4.90 Å². The van der Waals surface area contributed by atoms with Gasteiger partial charge < -0.3 is 10.6 Å². The third kappa shape index (κ3) is 7.33. The van der Waals surface area contributed by atoms with E-state index in [-0.39, 0.29) is 29.7 Å². The summed E-state index contributed by atoms with van der Waals surface area (Å²) in [7, 11) is 0. The Balaban J connectivity index is 0.00000320. The topological polar surface area (TPSA) is 76.2 Å². The van der Waals surface area contributed by atoms with Gasteiger partial charge in [-0.05, 0) is 38.3 Å². The van der Waals surface area contributed by atoms with Crippen molar-refractivity contribution in [2.45, 2.75) is 62.8 Å². The quantitative estimate of drug-likeness (QED) is 0.167. The van der Waals surface area contributed by atoms with Gasteiger partial charge in [0.2, 0.25) is 0 Å². The molecular weight excluding hydrogens is 511 g/mol.